The molecule has 0 N–H and O–H groups in total. The fourth-order valence-electron chi connectivity index (χ4n) is 2.08. The second-order valence-electron chi connectivity index (χ2n) is 5.96. The van der Waals surface area contributed by atoms with Crippen LogP contribution in [0.1, 0.15) is 43.4 Å². The molecular weight excluding hydrogens is 300 g/mol. The molecule has 3 heteroatoms. The van der Waals surface area contributed by atoms with E-state index in [-0.39, 0.29) is 0 Å². The lowest BCUT2D eigenvalue weighted by molar-refractivity contribution is 0.556. The van der Waals surface area contributed by atoms with Crippen LogP contribution < -0.4 is 0 Å². The minimum atomic E-state index is -1.34. The maximum atomic E-state index is 7.99. The summed E-state index contributed by atoms with van der Waals surface area (Å²) in [6, 6.07) is 6.44. The third-order valence-corrected chi connectivity index (χ3v) is 6.55. The van der Waals surface area contributed by atoms with Gasteiger partial charge in [-0.15, -0.1) is 9.39 Å². The Labute approximate surface area is 144 Å². The standard InChI is InChI=1S/C15H25NS.C5H7N/c1-8-9-16(5)17(6,7)15-11-13(3)12(2)10-14(15)4;1-3-5(2)4-6/h10-11H,6-9H2,1-5H3;2-3H2,1H3. The zero-order valence-electron chi connectivity index (χ0n) is 15.7. The monoisotopic (exact) mass is 332 g/mol. The second kappa shape index (κ2) is 9.60. The Balaban J connectivity index is 0.000000688. The van der Waals surface area contributed by atoms with E-state index in [1.54, 1.807) is 0 Å². The molecule has 2 nitrogen and oxygen atoms in total. The molecule has 128 valence electrons. The molecule has 0 bridgehead atoms. The van der Waals surface area contributed by atoms with Gasteiger partial charge in [-0.2, -0.15) is 5.26 Å². The van der Waals surface area contributed by atoms with E-state index in [4.69, 9.17) is 5.26 Å². The lowest BCUT2D eigenvalue weighted by Gasteiger charge is -2.29. The van der Waals surface area contributed by atoms with Gasteiger partial charge in [0.25, 0.3) is 0 Å². The van der Waals surface area contributed by atoms with Crippen molar-refractivity contribution in [2.24, 2.45) is 0 Å². The molecule has 23 heavy (non-hydrogen) atoms. The molecule has 0 heterocycles. The quantitative estimate of drug-likeness (QED) is 0.535. The van der Waals surface area contributed by atoms with Gasteiger partial charge in [0, 0.05) is 17.0 Å². The van der Waals surface area contributed by atoms with E-state index < -0.39 is 9.39 Å². The molecule has 0 aliphatic carbocycles. The lowest BCUT2D eigenvalue weighted by Crippen LogP contribution is -2.16. The Kier molecular flexibility index (Phi) is 8.97. The van der Waals surface area contributed by atoms with Crippen molar-refractivity contribution in [2.45, 2.75) is 52.4 Å². The number of hydrogen-bond donors (Lipinski definition) is 0. The van der Waals surface area contributed by atoms with Crippen LogP contribution in [-0.2, 0) is 0 Å². The van der Waals surface area contributed by atoms with E-state index >= 15 is 0 Å². The molecule has 0 saturated heterocycles. The summed E-state index contributed by atoms with van der Waals surface area (Å²) in [4.78, 5) is 1.32. The molecule has 1 aromatic carbocycles. The minimum absolute atomic E-state index is 0.648. The van der Waals surface area contributed by atoms with Gasteiger partial charge < -0.3 is 0 Å². The van der Waals surface area contributed by atoms with E-state index in [0.717, 1.165) is 19.4 Å². The van der Waals surface area contributed by atoms with Crippen LogP contribution in [0.25, 0.3) is 0 Å². The summed E-state index contributed by atoms with van der Waals surface area (Å²) in [5.74, 6) is 8.78. The first-order chi connectivity index (χ1) is 10.6. The molecule has 0 unspecified atom stereocenters. The Bertz CT molecular complexity index is 676. The van der Waals surface area contributed by atoms with E-state index in [1.807, 2.05) is 13.0 Å². The van der Waals surface area contributed by atoms with Gasteiger partial charge in [-0.05, 0) is 63.4 Å². The van der Waals surface area contributed by atoms with Crippen LogP contribution in [0.15, 0.2) is 29.2 Å². The van der Waals surface area contributed by atoms with E-state index in [2.05, 4.69) is 69.5 Å². The van der Waals surface area contributed by atoms with Gasteiger partial charge in [-0.3, -0.25) is 4.31 Å². The second-order valence-corrected chi connectivity index (χ2v) is 8.71. The third-order valence-electron chi connectivity index (χ3n) is 3.92. The van der Waals surface area contributed by atoms with Crippen molar-refractivity contribution in [1.82, 2.24) is 4.31 Å². The number of allylic oxidation sites excluding steroid dienone is 1. The van der Waals surface area contributed by atoms with Gasteiger partial charge in [0.05, 0.1) is 6.07 Å². The molecule has 0 aliphatic heterocycles. The van der Waals surface area contributed by atoms with Crippen LogP contribution in [0.5, 0.6) is 0 Å². The molecule has 1 aromatic rings. The number of rotatable bonds is 5. The summed E-state index contributed by atoms with van der Waals surface area (Å²) >= 11 is 0. The summed E-state index contributed by atoms with van der Waals surface area (Å²) in [5, 5.41) is 7.99. The van der Waals surface area contributed by atoms with Crippen LogP contribution in [0.2, 0.25) is 0 Å². The van der Waals surface area contributed by atoms with Crippen molar-refractivity contribution < 1.29 is 0 Å². The number of benzene rings is 1. The lowest BCUT2D eigenvalue weighted by atomic mass is 10.1. The summed E-state index contributed by atoms with van der Waals surface area (Å²) in [7, 11) is 0.795. The van der Waals surface area contributed by atoms with Gasteiger partial charge in [-0.1, -0.05) is 38.2 Å². The SMILES string of the molecule is C=C(C#N)CC.C=S(=C)(c1cc(C)c(C)cc1C)N(C)CCC. The normalized spacial score (nSPS) is 10.7. The van der Waals surface area contributed by atoms with Gasteiger partial charge in [0.1, 0.15) is 0 Å². The highest BCUT2D eigenvalue weighted by molar-refractivity contribution is 8.25. The van der Waals surface area contributed by atoms with Crippen molar-refractivity contribution in [3.05, 3.63) is 41.0 Å². The van der Waals surface area contributed by atoms with Crippen LogP contribution >= 0.6 is 9.39 Å². The smallest absolute Gasteiger partial charge is 0.0940 e. The Hall–Kier alpha value is -1.50. The molecule has 0 aliphatic rings. The number of aryl methyl sites for hydroxylation is 3. The average Bonchev–Trinajstić information content (AvgIpc) is 2.50. The molecule has 0 amide bonds. The number of nitrogens with zero attached hydrogens (tertiary/aromatic N) is 2. The molecule has 0 radical (unpaired) electrons. The molecule has 0 spiro atoms. The fourth-order valence-corrected chi connectivity index (χ4v) is 4.00. The number of nitriles is 1. The average molecular weight is 333 g/mol. The van der Waals surface area contributed by atoms with Crippen molar-refractivity contribution in [3.63, 3.8) is 0 Å². The Morgan fingerprint density at radius 1 is 1.13 bits per heavy atom. The van der Waals surface area contributed by atoms with Gasteiger partial charge in [0.15, 0.2) is 0 Å². The molecular formula is C20H32N2S. The highest BCUT2D eigenvalue weighted by atomic mass is 32.2. The molecule has 0 fully saturated rings. The predicted octanol–water partition coefficient (Wildman–Crippen LogP) is 5.37. The van der Waals surface area contributed by atoms with E-state index in [9.17, 15) is 0 Å². The van der Waals surface area contributed by atoms with Gasteiger partial charge in [0.2, 0.25) is 0 Å². The molecule has 0 atom stereocenters. The molecule has 0 saturated carbocycles. The van der Waals surface area contributed by atoms with Crippen molar-refractivity contribution in [3.8, 4) is 6.07 Å². The summed E-state index contributed by atoms with van der Waals surface area (Å²) in [5.41, 5.74) is 4.64. The van der Waals surface area contributed by atoms with Crippen molar-refractivity contribution in [2.75, 3.05) is 13.6 Å². The largest absolute Gasteiger partial charge is 0.261 e. The van der Waals surface area contributed by atoms with Crippen molar-refractivity contribution >= 4 is 21.1 Å². The highest BCUT2D eigenvalue weighted by Gasteiger charge is 2.11. The minimum Gasteiger partial charge on any atom is -0.261 e. The van der Waals surface area contributed by atoms with Crippen molar-refractivity contribution in [1.29, 1.82) is 5.26 Å². The van der Waals surface area contributed by atoms with Gasteiger partial charge in [-0.25, -0.2) is 0 Å². The third kappa shape index (κ3) is 6.25. The molecule has 0 aromatic heterocycles. The number of hydrogen-bond acceptors (Lipinski definition) is 2. The zero-order chi connectivity index (χ0) is 18.2. The Morgan fingerprint density at radius 3 is 2.04 bits per heavy atom. The van der Waals surface area contributed by atoms with Crippen LogP contribution in [0, 0.1) is 32.1 Å². The predicted molar refractivity (Wildman–Crippen MR) is 109 cm³/mol. The Morgan fingerprint density at radius 2 is 1.65 bits per heavy atom. The first kappa shape index (κ1) is 21.5. The highest BCUT2D eigenvalue weighted by Crippen LogP contribution is 2.38. The maximum absolute atomic E-state index is 7.99. The zero-order valence-corrected chi connectivity index (χ0v) is 16.5. The summed E-state index contributed by atoms with van der Waals surface area (Å²) in [6.45, 7) is 15.1. The first-order valence-electron chi connectivity index (χ1n) is 7.98. The van der Waals surface area contributed by atoms with E-state index in [1.165, 1.54) is 21.6 Å². The topological polar surface area (TPSA) is 27.0 Å². The van der Waals surface area contributed by atoms with Gasteiger partial charge >= 0.3 is 0 Å². The van der Waals surface area contributed by atoms with Crippen LogP contribution in [-0.4, -0.2) is 29.6 Å². The first-order valence-corrected chi connectivity index (χ1v) is 9.91. The fraction of sp³-hybridized carbons (Fsp3) is 0.450. The van der Waals surface area contributed by atoms with Crippen LogP contribution in [0.3, 0.4) is 0 Å². The summed E-state index contributed by atoms with van der Waals surface area (Å²) < 4.78 is 2.31. The van der Waals surface area contributed by atoms with Crippen LogP contribution in [0.4, 0.5) is 0 Å². The molecule has 1 rings (SSSR count). The summed E-state index contributed by atoms with van der Waals surface area (Å²) in [6.07, 6.45) is 1.91. The maximum Gasteiger partial charge on any atom is 0.0940 e. The van der Waals surface area contributed by atoms with E-state index in [0.29, 0.717) is 5.57 Å².